The van der Waals surface area contributed by atoms with E-state index in [4.69, 9.17) is 25.8 Å². The first-order chi connectivity index (χ1) is 25.0. The second-order valence-electron chi connectivity index (χ2n) is 14.5. The molecule has 1 amide bonds. The van der Waals surface area contributed by atoms with E-state index < -0.39 is 11.4 Å². The van der Waals surface area contributed by atoms with Crippen LogP contribution in [0.5, 0.6) is 6.01 Å². The summed E-state index contributed by atoms with van der Waals surface area (Å²) in [6.45, 7) is 6.54. The molecule has 5 aromatic rings. The van der Waals surface area contributed by atoms with E-state index in [0.717, 1.165) is 44.2 Å². The second-order valence-corrected chi connectivity index (χ2v) is 15.0. The van der Waals surface area contributed by atoms with E-state index in [2.05, 4.69) is 25.0 Å². The van der Waals surface area contributed by atoms with Crippen LogP contribution in [0, 0.1) is 5.82 Å². The number of carbonyl (C=O) groups is 1. The van der Waals surface area contributed by atoms with Crippen molar-refractivity contribution >= 4 is 51.1 Å². The third-order valence-corrected chi connectivity index (χ3v) is 11.1. The molecule has 12 nitrogen and oxygen atoms in total. The van der Waals surface area contributed by atoms with Crippen LogP contribution in [0.15, 0.2) is 53.2 Å². The first-order valence-corrected chi connectivity index (χ1v) is 18.1. The second kappa shape index (κ2) is 13.4. The smallest absolute Gasteiger partial charge is 0.319 e. The number of anilines is 1. The van der Waals surface area contributed by atoms with E-state index in [0.29, 0.717) is 53.3 Å². The normalized spacial score (nSPS) is 19.0. The predicted molar refractivity (Wildman–Crippen MR) is 195 cm³/mol. The summed E-state index contributed by atoms with van der Waals surface area (Å²) in [7, 11) is 1.89. The van der Waals surface area contributed by atoms with Crippen molar-refractivity contribution in [2.24, 2.45) is 0 Å². The maximum atomic E-state index is 16.9. The van der Waals surface area contributed by atoms with Crippen molar-refractivity contribution < 1.29 is 23.6 Å². The Bertz CT molecular complexity index is 2190. The van der Waals surface area contributed by atoms with Crippen LogP contribution >= 0.6 is 11.6 Å². The number of rotatable bonds is 9. The van der Waals surface area contributed by atoms with Crippen LogP contribution in [0.2, 0.25) is 5.02 Å². The number of ether oxygens (including phenoxy) is 1. The number of hydrogen-bond acceptors (Lipinski definition) is 11. The molecule has 0 aliphatic carbocycles. The van der Waals surface area contributed by atoms with Crippen molar-refractivity contribution in [3.63, 3.8) is 0 Å². The van der Waals surface area contributed by atoms with E-state index >= 15 is 4.39 Å². The Hall–Kier alpha value is -4.72. The molecule has 14 heteroatoms. The Balaban J connectivity index is 1.11. The highest BCUT2D eigenvalue weighted by molar-refractivity contribution is 6.36. The fraction of sp³-hybridized carbons (Fsp3) is 0.421. The third-order valence-electron chi connectivity index (χ3n) is 10.7. The van der Waals surface area contributed by atoms with Gasteiger partial charge < -0.3 is 24.2 Å². The minimum atomic E-state index is -1.26. The SMILES string of the molecule is CN(c1nc(OCC23CCCN2CCC3)nc2c(F)c(-c3cccc4cccc(Cl)c34)ncc12)[C@@H]1CCN(C(=O)/C=C/c2nc(C(C)(C)O)no2)C1. The summed E-state index contributed by atoms with van der Waals surface area (Å²) in [5.74, 6) is -0.0869. The Kier molecular flexibility index (Phi) is 8.83. The van der Waals surface area contributed by atoms with Crippen LogP contribution in [0.1, 0.15) is 57.7 Å². The first-order valence-electron chi connectivity index (χ1n) is 17.7. The number of benzene rings is 2. The number of halogens is 2. The number of amides is 1. The largest absolute Gasteiger partial charge is 0.461 e. The molecular formula is C38H40ClFN8O4. The molecule has 3 aliphatic heterocycles. The molecule has 1 atom stereocenters. The van der Waals surface area contributed by atoms with Gasteiger partial charge in [0.05, 0.1) is 10.9 Å². The first kappa shape index (κ1) is 34.4. The van der Waals surface area contributed by atoms with Gasteiger partial charge in [0.1, 0.15) is 29.2 Å². The Labute approximate surface area is 305 Å². The minimum absolute atomic E-state index is 0.0526. The monoisotopic (exact) mass is 726 g/mol. The van der Waals surface area contributed by atoms with Crippen LogP contribution in [0.4, 0.5) is 10.2 Å². The highest BCUT2D eigenvalue weighted by Crippen LogP contribution is 2.40. The quantitative estimate of drug-likeness (QED) is 0.179. The van der Waals surface area contributed by atoms with E-state index in [9.17, 15) is 9.90 Å². The fourth-order valence-electron chi connectivity index (χ4n) is 7.93. The van der Waals surface area contributed by atoms with Gasteiger partial charge >= 0.3 is 6.01 Å². The van der Waals surface area contributed by atoms with Gasteiger partial charge in [0.25, 0.3) is 5.89 Å². The van der Waals surface area contributed by atoms with Gasteiger partial charge in [-0.3, -0.25) is 14.7 Å². The Morgan fingerprint density at radius 1 is 1.15 bits per heavy atom. The maximum absolute atomic E-state index is 16.9. The van der Waals surface area contributed by atoms with Crippen molar-refractivity contribution in [3.8, 4) is 17.3 Å². The molecule has 8 rings (SSSR count). The molecular weight excluding hydrogens is 687 g/mol. The summed E-state index contributed by atoms with van der Waals surface area (Å²) in [5, 5.41) is 16.4. The predicted octanol–water partition coefficient (Wildman–Crippen LogP) is 6.01. The Morgan fingerprint density at radius 3 is 2.67 bits per heavy atom. The number of pyridine rings is 1. The van der Waals surface area contributed by atoms with Crippen LogP contribution < -0.4 is 9.64 Å². The molecule has 3 aromatic heterocycles. The lowest BCUT2D eigenvalue weighted by Gasteiger charge is -2.31. The van der Waals surface area contributed by atoms with Crippen LogP contribution in [-0.4, -0.2) is 97.3 Å². The number of hydrogen-bond donors (Lipinski definition) is 1. The summed E-state index contributed by atoms with van der Waals surface area (Å²) in [6, 6.07) is 11.2. The van der Waals surface area contributed by atoms with Crippen molar-refractivity contribution in [3.05, 3.63) is 71.2 Å². The van der Waals surface area contributed by atoms with Gasteiger partial charge in [-0.05, 0) is 70.5 Å². The highest BCUT2D eigenvalue weighted by Gasteiger charge is 2.45. The summed E-state index contributed by atoms with van der Waals surface area (Å²) in [4.78, 5) is 37.7. The van der Waals surface area contributed by atoms with Gasteiger partial charge in [-0.2, -0.15) is 15.0 Å². The lowest BCUT2D eigenvalue weighted by molar-refractivity contribution is -0.124. The summed E-state index contributed by atoms with van der Waals surface area (Å²) < 4.78 is 28.4. The molecule has 0 spiro atoms. The van der Waals surface area contributed by atoms with Gasteiger partial charge in [-0.25, -0.2) is 4.39 Å². The zero-order valence-electron chi connectivity index (χ0n) is 29.4. The lowest BCUT2D eigenvalue weighted by Crippen LogP contribution is -2.43. The van der Waals surface area contributed by atoms with Crippen LogP contribution in [0.3, 0.4) is 0 Å². The molecule has 0 unspecified atom stereocenters. The minimum Gasteiger partial charge on any atom is -0.461 e. The van der Waals surface area contributed by atoms with E-state index in [1.165, 1.54) is 12.2 Å². The van der Waals surface area contributed by atoms with Gasteiger partial charge in [0.2, 0.25) is 11.7 Å². The topological polar surface area (TPSA) is 134 Å². The molecule has 0 saturated carbocycles. The Morgan fingerprint density at radius 2 is 1.92 bits per heavy atom. The zero-order valence-corrected chi connectivity index (χ0v) is 30.1. The molecule has 3 aliphatic rings. The lowest BCUT2D eigenvalue weighted by atomic mass is 9.95. The fourth-order valence-corrected chi connectivity index (χ4v) is 8.21. The van der Waals surface area contributed by atoms with Crippen molar-refractivity contribution in [2.45, 2.75) is 63.1 Å². The highest BCUT2D eigenvalue weighted by atomic mass is 35.5. The molecule has 0 radical (unpaired) electrons. The third kappa shape index (κ3) is 6.24. The molecule has 270 valence electrons. The number of nitrogens with zero attached hydrogens (tertiary/aromatic N) is 8. The molecule has 6 heterocycles. The van der Waals surface area contributed by atoms with E-state index in [1.807, 2.05) is 42.3 Å². The summed E-state index contributed by atoms with van der Waals surface area (Å²) in [6.07, 6.45) is 9.42. The number of fused-ring (bicyclic) bond motifs is 3. The number of aromatic nitrogens is 5. The standard InChI is InChI=1S/C38H40ClFN8O4/c1-37(2,50)35-42-28(52-45-35)12-13-29(49)47-19-14-24(21-47)46(3)34-26-20-41-32(25-10-4-8-23-9-5-11-27(39)30(23)25)31(40)33(26)43-36(44-34)51-22-38-15-6-17-48(38)18-7-16-38/h4-5,8-13,20,24,50H,6-7,14-19,21-22H2,1-3H3/b13-12+/t24-/m1/s1. The van der Waals surface area contributed by atoms with Gasteiger partial charge in [-0.1, -0.05) is 47.1 Å². The molecule has 2 aromatic carbocycles. The molecule has 3 fully saturated rings. The van der Waals surface area contributed by atoms with Crippen LogP contribution in [-0.2, 0) is 10.4 Å². The van der Waals surface area contributed by atoms with Crippen molar-refractivity contribution in [1.82, 2.24) is 34.9 Å². The van der Waals surface area contributed by atoms with Crippen LogP contribution in [0.25, 0.3) is 39.0 Å². The number of aliphatic hydroxyl groups is 1. The maximum Gasteiger partial charge on any atom is 0.319 e. The molecule has 52 heavy (non-hydrogen) atoms. The van der Waals surface area contributed by atoms with Gasteiger partial charge in [-0.15, -0.1) is 0 Å². The number of likely N-dealkylation sites (N-methyl/N-ethyl adjacent to an activating group) is 1. The average molecular weight is 727 g/mol. The van der Waals surface area contributed by atoms with E-state index in [-0.39, 0.29) is 46.4 Å². The van der Waals surface area contributed by atoms with E-state index in [1.54, 1.807) is 31.0 Å². The summed E-state index contributed by atoms with van der Waals surface area (Å²) >= 11 is 6.64. The number of carbonyl (C=O) groups excluding carboxylic acids is 1. The zero-order chi connectivity index (χ0) is 36.2. The summed E-state index contributed by atoms with van der Waals surface area (Å²) in [5.41, 5.74) is -0.505. The van der Waals surface area contributed by atoms with Crippen molar-refractivity contribution in [1.29, 1.82) is 0 Å². The average Bonchev–Trinajstić information content (AvgIpc) is 3.94. The molecule has 3 saturated heterocycles. The van der Waals surface area contributed by atoms with Gasteiger partial charge in [0, 0.05) is 60.5 Å². The molecule has 0 bridgehead atoms. The van der Waals surface area contributed by atoms with Crippen molar-refractivity contribution in [2.75, 3.05) is 44.7 Å². The van der Waals surface area contributed by atoms with Gasteiger partial charge in [0.15, 0.2) is 5.82 Å². The molecule has 1 N–H and O–H groups in total. The number of likely N-dealkylation sites (tertiary alicyclic amines) is 1.